The molecule has 6 aromatic carbocycles. The van der Waals surface area contributed by atoms with Crippen LogP contribution < -0.4 is 9.47 Å². The normalized spacial score (nSPS) is 14.5. The van der Waals surface area contributed by atoms with Crippen LogP contribution in [-0.2, 0) is 5.41 Å². The molecular formula is C42H34O2. The second-order valence-corrected chi connectivity index (χ2v) is 12.0. The Labute approximate surface area is 259 Å². The molecule has 1 spiro atoms. The first kappa shape index (κ1) is 26.5. The maximum absolute atomic E-state index is 6.18. The van der Waals surface area contributed by atoms with E-state index in [2.05, 4.69) is 72.8 Å². The van der Waals surface area contributed by atoms with Gasteiger partial charge in [-0.3, -0.25) is 0 Å². The topological polar surface area (TPSA) is 18.5 Å². The van der Waals surface area contributed by atoms with E-state index in [-0.39, 0.29) is 5.41 Å². The number of para-hydroxylation sites is 2. The zero-order valence-electron chi connectivity index (χ0n) is 24.7. The molecule has 0 unspecified atom stereocenters. The largest absolute Gasteiger partial charge is 0.457 e. The lowest BCUT2D eigenvalue weighted by Crippen LogP contribution is -2.28. The molecule has 0 saturated heterocycles. The van der Waals surface area contributed by atoms with Crippen LogP contribution in [0.2, 0.25) is 0 Å². The fraction of sp³-hybridized carbons (Fsp3) is 0.143. The lowest BCUT2D eigenvalue weighted by Gasteiger charge is -2.36. The lowest BCUT2D eigenvalue weighted by atomic mass is 9.67. The molecule has 8 rings (SSSR count). The summed E-state index contributed by atoms with van der Waals surface area (Å²) in [6.07, 6.45) is 6.20. The van der Waals surface area contributed by atoms with E-state index in [4.69, 9.17) is 9.47 Å². The van der Waals surface area contributed by atoms with E-state index in [1.54, 1.807) is 0 Å². The zero-order valence-corrected chi connectivity index (χ0v) is 24.7. The molecule has 2 heteroatoms. The highest BCUT2D eigenvalue weighted by atomic mass is 16.5. The van der Waals surface area contributed by atoms with Crippen LogP contribution >= 0.6 is 0 Å². The Morgan fingerprint density at radius 2 is 0.795 bits per heavy atom. The Balaban J connectivity index is 1.16. The van der Waals surface area contributed by atoms with E-state index in [0.29, 0.717) is 0 Å². The van der Waals surface area contributed by atoms with Crippen molar-refractivity contribution in [3.63, 3.8) is 0 Å². The number of hydrogen-bond acceptors (Lipinski definition) is 2. The predicted octanol–water partition coefficient (Wildman–Crippen LogP) is 11.8. The van der Waals surface area contributed by atoms with Gasteiger partial charge in [0, 0.05) is 5.41 Å². The molecule has 0 heterocycles. The average molecular weight is 571 g/mol. The molecule has 44 heavy (non-hydrogen) atoms. The quantitative estimate of drug-likeness (QED) is 0.198. The Bertz CT molecular complexity index is 1800. The fourth-order valence-electron chi connectivity index (χ4n) is 7.28. The second kappa shape index (κ2) is 11.2. The first-order valence-corrected chi connectivity index (χ1v) is 15.7. The standard InChI is InChI=1S/C42H34O2/c1-4-14-34(15-5-1)43-36-18-10-12-30(26-36)32-20-22-38-39-23-21-33(29-41(39)42(40(38)28-32)24-8-3-9-25-42)31-13-11-19-37(27-31)44-35-16-6-2-7-17-35/h1-2,4-7,10-23,26-29H,3,8-9,24-25H2. The molecule has 1 saturated carbocycles. The number of hydrogen-bond donors (Lipinski definition) is 0. The van der Waals surface area contributed by atoms with Crippen molar-refractivity contribution in [1.82, 2.24) is 0 Å². The van der Waals surface area contributed by atoms with Crippen molar-refractivity contribution >= 4 is 0 Å². The minimum Gasteiger partial charge on any atom is -0.457 e. The molecule has 0 radical (unpaired) electrons. The molecule has 0 aliphatic heterocycles. The molecule has 0 aromatic heterocycles. The molecule has 214 valence electrons. The number of ether oxygens (including phenoxy) is 2. The van der Waals surface area contributed by atoms with Gasteiger partial charge in [-0.1, -0.05) is 104 Å². The van der Waals surface area contributed by atoms with Crippen molar-refractivity contribution in [3.8, 4) is 56.4 Å². The molecule has 6 aromatic rings. The Morgan fingerprint density at radius 1 is 0.364 bits per heavy atom. The smallest absolute Gasteiger partial charge is 0.128 e. The van der Waals surface area contributed by atoms with Crippen LogP contribution in [-0.4, -0.2) is 0 Å². The van der Waals surface area contributed by atoms with Gasteiger partial charge in [0.2, 0.25) is 0 Å². The summed E-state index contributed by atoms with van der Waals surface area (Å²) in [5.74, 6) is 3.41. The molecule has 1 fully saturated rings. The van der Waals surface area contributed by atoms with E-state index < -0.39 is 0 Å². The summed E-state index contributed by atoms with van der Waals surface area (Å²) in [6.45, 7) is 0. The van der Waals surface area contributed by atoms with Gasteiger partial charge in [-0.15, -0.1) is 0 Å². The van der Waals surface area contributed by atoms with E-state index in [0.717, 1.165) is 23.0 Å². The summed E-state index contributed by atoms with van der Waals surface area (Å²) in [5, 5.41) is 0. The van der Waals surface area contributed by atoms with Crippen LogP contribution in [0.5, 0.6) is 23.0 Å². The minimum absolute atomic E-state index is 0.0469. The third-order valence-electron chi connectivity index (χ3n) is 9.36. The van der Waals surface area contributed by atoms with E-state index >= 15 is 0 Å². The maximum atomic E-state index is 6.18. The van der Waals surface area contributed by atoms with Gasteiger partial charge in [0.05, 0.1) is 0 Å². The van der Waals surface area contributed by atoms with Crippen molar-refractivity contribution in [1.29, 1.82) is 0 Å². The molecule has 2 nitrogen and oxygen atoms in total. The lowest BCUT2D eigenvalue weighted by molar-refractivity contribution is 0.353. The van der Waals surface area contributed by atoms with Crippen molar-refractivity contribution in [2.24, 2.45) is 0 Å². The number of benzene rings is 6. The Kier molecular flexibility index (Phi) is 6.76. The summed E-state index contributed by atoms with van der Waals surface area (Å²) in [7, 11) is 0. The summed E-state index contributed by atoms with van der Waals surface area (Å²) >= 11 is 0. The van der Waals surface area contributed by atoms with Gasteiger partial charge >= 0.3 is 0 Å². The highest BCUT2D eigenvalue weighted by Crippen LogP contribution is 2.57. The van der Waals surface area contributed by atoms with Gasteiger partial charge in [-0.25, -0.2) is 0 Å². The monoisotopic (exact) mass is 570 g/mol. The third kappa shape index (κ3) is 4.87. The third-order valence-corrected chi connectivity index (χ3v) is 9.36. The molecule has 0 atom stereocenters. The molecule has 2 aliphatic rings. The van der Waals surface area contributed by atoms with Crippen molar-refractivity contribution in [2.75, 3.05) is 0 Å². The van der Waals surface area contributed by atoms with Crippen LogP contribution in [0, 0.1) is 0 Å². The van der Waals surface area contributed by atoms with Crippen LogP contribution in [0.25, 0.3) is 33.4 Å². The molecule has 0 amide bonds. The predicted molar refractivity (Wildman–Crippen MR) is 180 cm³/mol. The molecule has 0 N–H and O–H groups in total. The SMILES string of the molecule is c1ccc(Oc2cccc(-c3ccc4c(c3)C3(CCCCC3)c3cc(-c5cccc(Oc6ccccc6)c5)ccc3-4)c2)cc1. The van der Waals surface area contributed by atoms with E-state index in [1.165, 1.54) is 76.6 Å². The van der Waals surface area contributed by atoms with Crippen LogP contribution in [0.1, 0.15) is 43.2 Å². The van der Waals surface area contributed by atoms with Gasteiger partial charge < -0.3 is 9.47 Å². The Morgan fingerprint density at radius 3 is 1.27 bits per heavy atom. The van der Waals surface area contributed by atoms with Crippen LogP contribution in [0.15, 0.2) is 146 Å². The van der Waals surface area contributed by atoms with Crippen LogP contribution in [0.3, 0.4) is 0 Å². The Hall–Kier alpha value is -5.08. The van der Waals surface area contributed by atoms with Gasteiger partial charge in [-0.2, -0.15) is 0 Å². The highest BCUT2D eigenvalue weighted by Gasteiger charge is 2.44. The van der Waals surface area contributed by atoms with E-state index in [1.807, 2.05) is 72.8 Å². The molecule has 2 aliphatic carbocycles. The number of rotatable bonds is 6. The van der Waals surface area contributed by atoms with Gasteiger partial charge in [0.15, 0.2) is 0 Å². The van der Waals surface area contributed by atoms with Gasteiger partial charge in [0.25, 0.3) is 0 Å². The average Bonchev–Trinajstić information content (AvgIpc) is 3.34. The fourth-order valence-corrected chi connectivity index (χ4v) is 7.28. The number of fused-ring (bicyclic) bond motifs is 5. The first-order valence-electron chi connectivity index (χ1n) is 15.7. The minimum atomic E-state index is 0.0469. The van der Waals surface area contributed by atoms with Crippen molar-refractivity contribution in [2.45, 2.75) is 37.5 Å². The van der Waals surface area contributed by atoms with Crippen molar-refractivity contribution in [3.05, 3.63) is 157 Å². The molecular weight excluding hydrogens is 536 g/mol. The summed E-state index contributed by atoms with van der Waals surface area (Å²) in [4.78, 5) is 0. The van der Waals surface area contributed by atoms with Crippen molar-refractivity contribution < 1.29 is 9.47 Å². The van der Waals surface area contributed by atoms with Gasteiger partial charge in [0.1, 0.15) is 23.0 Å². The molecule has 0 bridgehead atoms. The van der Waals surface area contributed by atoms with Crippen LogP contribution in [0.4, 0.5) is 0 Å². The summed E-state index contributed by atoms with van der Waals surface area (Å²) in [6, 6.07) is 51.1. The zero-order chi connectivity index (χ0) is 29.3. The maximum Gasteiger partial charge on any atom is 0.128 e. The van der Waals surface area contributed by atoms with Gasteiger partial charge in [-0.05, 0) is 118 Å². The summed E-state index contributed by atoms with van der Waals surface area (Å²) < 4.78 is 12.4. The summed E-state index contributed by atoms with van der Waals surface area (Å²) in [5.41, 5.74) is 10.6. The van der Waals surface area contributed by atoms with E-state index in [9.17, 15) is 0 Å². The second-order valence-electron chi connectivity index (χ2n) is 12.0. The highest BCUT2D eigenvalue weighted by molar-refractivity contribution is 5.86. The first-order chi connectivity index (χ1) is 21.7.